The highest BCUT2D eigenvalue weighted by Gasteiger charge is 2.33. The van der Waals surface area contributed by atoms with E-state index in [9.17, 15) is 9.59 Å². The van der Waals surface area contributed by atoms with Gasteiger partial charge in [0.25, 0.3) is 0 Å². The van der Waals surface area contributed by atoms with Crippen LogP contribution in [-0.2, 0) is 0 Å². The quantitative estimate of drug-likeness (QED) is 0.421. The smallest absolute Gasteiger partial charge is 0.177 e. The number of ketones is 2. The molecule has 2 atom stereocenters. The third-order valence-corrected chi connectivity index (χ3v) is 5.05. The Labute approximate surface area is 155 Å². The van der Waals surface area contributed by atoms with Gasteiger partial charge in [0.2, 0.25) is 0 Å². The zero-order valence-corrected chi connectivity index (χ0v) is 15.1. The number of hydrogen-bond donors (Lipinski definition) is 0. The molecule has 0 saturated heterocycles. The van der Waals surface area contributed by atoms with E-state index in [-0.39, 0.29) is 11.6 Å². The van der Waals surface area contributed by atoms with Crippen LogP contribution in [0.5, 0.6) is 0 Å². The Balaban J connectivity index is 2.00. The summed E-state index contributed by atoms with van der Waals surface area (Å²) in [6, 6.07) is 27.6. The van der Waals surface area contributed by atoms with Gasteiger partial charge in [0.15, 0.2) is 11.6 Å². The summed E-state index contributed by atoms with van der Waals surface area (Å²) in [7, 11) is 0. The molecule has 3 aromatic rings. The number of halogens is 1. The van der Waals surface area contributed by atoms with E-state index in [4.69, 9.17) is 0 Å². The molecule has 0 N–H and O–H groups in total. The summed E-state index contributed by atoms with van der Waals surface area (Å²) in [4.78, 5) is 25.4. The normalized spacial score (nSPS) is 13.0. The van der Waals surface area contributed by atoms with Crippen molar-refractivity contribution in [3.05, 3.63) is 108 Å². The molecule has 0 fully saturated rings. The van der Waals surface area contributed by atoms with Crippen molar-refractivity contribution >= 4 is 27.5 Å². The minimum absolute atomic E-state index is 0.0713. The topological polar surface area (TPSA) is 34.1 Å². The number of benzene rings is 3. The van der Waals surface area contributed by atoms with E-state index in [1.54, 1.807) is 24.3 Å². The number of carbonyl (C=O) groups excluding carboxylic acids is 2. The molecule has 0 aliphatic rings. The molecule has 2 nitrogen and oxygen atoms in total. The molecule has 0 aromatic heterocycles. The summed E-state index contributed by atoms with van der Waals surface area (Å²) in [6.07, 6.45) is 0. The van der Waals surface area contributed by atoms with E-state index in [0.717, 1.165) is 5.56 Å². The summed E-state index contributed by atoms with van der Waals surface area (Å²) in [5.74, 6) is -0.756. The standard InChI is InChI=1S/C22H17BrO2/c23-20(22(25)18-14-8-3-9-15-18)19(16-10-4-1-5-11-16)21(24)17-12-6-2-7-13-17/h1-15,19-20H/t19-,20-/m0/s1. The fourth-order valence-electron chi connectivity index (χ4n) is 2.81. The first-order chi connectivity index (χ1) is 12.2. The highest BCUT2D eigenvalue weighted by atomic mass is 79.9. The Hall–Kier alpha value is -2.52. The van der Waals surface area contributed by atoms with Crippen LogP contribution in [-0.4, -0.2) is 16.4 Å². The van der Waals surface area contributed by atoms with Gasteiger partial charge in [-0.15, -0.1) is 0 Å². The highest BCUT2D eigenvalue weighted by molar-refractivity contribution is 9.10. The maximum absolute atomic E-state index is 13.1. The SMILES string of the molecule is O=C(c1ccccc1)[C@@H](Br)[C@@H](C(=O)c1ccccc1)c1ccccc1. The summed E-state index contributed by atoms with van der Waals surface area (Å²) in [5, 5.41) is 0. The monoisotopic (exact) mass is 392 g/mol. The van der Waals surface area contributed by atoms with Crippen LogP contribution < -0.4 is 0 Å². The summed E-state index contributed by atoms with van der Waals surface area (Å²) in [6.45, 7) is 0. The van der Waals surface area contributed by atoms with E-state index in [1.807, 2.05) is 66.7 Å². The van der Waals surface area contributed by atoms with Gasteiger partial charge in [-0.25, -0.2) is 0 Å². The molecule has 0 radical (unpaired) electrons. The highest BCUT2D eigenvalue weighted by Crippen LogP contribution is 2.31. The van der Waals surface area contributed by atoms with Crippen LogP contribution in [0.15, 0.2) is 91.0 Å². The van der Waals surface area contributed by atoms with Gasteiger partial charge < -0.3 is 0 Å². The van der Waals surface area contributed by atoms with Gasteiger partial charge >= 0.3 is 0 Å². The van der Waals surface area contributed by atoms with Gasteiger partial charge in [-0.1, -0.05) is 107 Å². The van der Waals surface area contributed by atoms with Crippen molar-refractivity contribution in [3.8, 4) is 0 Å². The Morgan fingerprint density at radius 3 is 1.48 bits per heavy atom. The molecule has 0 spiro atoms. The lowest BCUT2D eigenvalue weighted by Crippen LogP contribution is -2.29. The number of hydrogen-bond acceptors (Lipinski definition) is 2. The molecular formula is C22H17BrO2. The van der Waals surface area contributed by atoms with Gasteiger partial charge in [-0.3, -0.25) is 9.59 Å². The molecule has 3 aromatic carbocycles. The van der Waals surface area contributed by atoms with Crippen LogP contribution in [0.4, 0.5) is 0 Å². The lowest BCUT2D eigenvalue weighted by Gasteiger charge is -2.21. The maximum atomic E-state index is 13.1. The van der Waals surface area contributed by atoms with Gasteiger partial charge in [-0.05, 0) is 5.56 Å². The lowest BCUT2D eigenvalue weighted by atomic mass is 9.85. The summed E-state index contributed by atoms with van der Waals surface area (Å²) < 4.78 is 0. The van der Waals surface area contributed by atoms with E-state index in [0.29, 0.717) is 11.1 Å². The first-order valence-electron chi connectivity index (χ1n) is 8.06. The number of alkyl halides is 1. The first-order valence-corrected chi connectivity index (χ1v) is 8.97. The number of Topliss-reactive ketones (excluding diaryl/α,β-unsaturated/α-hetero) is 2. The maximum Gasteiger partial charge on any atom is 0.177 e. The zero-order chi connectivity index (χ0) is 17.6. The lowest BCUT2D eigenvalue weighted by molar-refractivity contribution is 0.0902. The Kier molecular flexibility index (Phi) is 5.56. The fraction of sp³-hybridized carbons (Fsp3) is 0.0909. The van der Waals surface area contributed by atoms with E-state index in [1.165, 1.54) is 0 Å². The average Bonchev–Trinajstić information content (AvgIpc) is 2.69. The molecule has 3 heteroatoms. The van der Waals surface area contributed by atoms with E-state index >= 15 is 0 Å². The van der Waals surface area contributed by atoms with Gasteiger partial charge in [0.05, 0.1) is 10.7 Å². The van der Waals surface area contributed by atoms with Crippen LogP contribution in [0, 0.1) is 0 Å². The second-order valence-electron chi connectivity index (χ2n) is 5.75. The van der Waals surface area contributed by atoms with Crippen molar-refractivity contribution in [2.75, 3.05) is 0 Å². The molecule has 3 rings (SSSR count). The average molecular weight is 393 g/mol. The van der Waals surface area contributed by atoms with Crippen molar-refractivity contribution in [1.82, 2.24) is 0 Å². The largest absolute Gasteiger partial charge is 0.293 e. The number of rotatable bonds is 6. The van der Waals surface area contributed by atoms with E-state index < -0.39 is 10.7 Å². The molecule has 0 aliphatic heterocycles. The minimum Gasteiger partial charge on any atom is -0.293 e. The predicted octanol–water partition coefficient (Wildman–Crippen LogP) is 5.30. The second kappa shape index (κ2) is 8.04. The van der Waals surface area contributed by atoms with Crippen LogP contribution >= 0.6 is 15.9 Å². The molecule has 0 unspecified atom stereocenters. The van der Waals surface area contributed by atoms with Crippen LogP contribution in [0.1, 0.15) is 32.2 Å². The third-order valence-electron chi connectivity index (χ3n) is 4.10. The fourth-order valence-corrected chi connectivity index (χ4v) is 3.62. The molecule has 25 heavy (non-hydrogen) atoms. The van der Waals surface area contributed by atoms with Crippen molar-refractivity contribution in [1.29, 1.82) is 0 Å². The van der Waals surface area contributed by atoms with Crippen molar-refractivity contribution in [3.63, 3.8) is 0 Å². The molecule has 124 valence electrons. The van der Waals surface area contributed by atoms with Crippen LogP contribution in [0.25, 0.3) is 0 Å². The van der Waals surface area contributed by atoms with Crippen molar-refractivity contribution < 1.29 is 9.59 Å². The molecule has 0 aliphatic carbocycles. The molecular weight excluding hydrogens is 376 g/mol. The van der Waals surface area contributed by atoms with Gasteiger partial charge in [-0.2, -0.15) is 0 Å². The first kappa shape index (κ1) is 17.3. The van der Waals surface area contributed by atoms with Gasteiger partial charge in [0, 0.05) is 11.1 Å². The molecule has 0 heterocycles. The molecule has 0 bridgehead atoms. The van der Waals surface area contributed by atoms with E-state index in [2.05, 4.69) is 15.9 Å². The minimum atomic E-state index is -0.634. The van der Waals surface area contributed by atoms with Crippen molar-refractivity contribution in [2.24, 2.45) is 0 Å². The molecule has 0 amide bonds. The third kappa shape index (κ3) is 3.94. The Bertz CT molecular complexity index is 845. The zero-order valence-electron chi connectivity index (χ0n) is 13.5. The second-order valence-corrected chi connectivity index (χ2v) is 6.74. The predicted molar refractivity (Wildman–Crippen MR) is 103 cm³/mol. The number of carbonyl (C=O) groups is 2. The summed E-state index contributed by atoms with van der Waals surface area (Å²) in [5.41, 5.74) is 2.01. The molecule has 0 saturated carbocycles. The van der Waals surface area contributed by atoms with Crippen molar-refractivity contribution in [2.45, 2.75) is 10.7 Å². The van der Waals surface area contributed by atoms with Crippen LogP contribution in [0.2, 0.25) is 0 Å². The Morgan fingerprint density at radius 1 is 0.600 bits per heavy atom. The summed E-state index contributed by atoms with van der Waals surface area (Å²) >= 11 is 3.51. The Morgan fingerprint density at radius 2 is 1.00 bits per heavy atom. The van der Waals surface area contributed by atoms with Gasteiger partial charge in [0.1, 0.15) is 0 Å². The van der Waals surface area contributed by atoms with Crippen LogP contribution in [0.3, 0.4) is 0 Å².